The Morgan fingerprint density at radius 2 is 2.08 bits per heavy atom. The number of anilines is 1. The van der Waals surface area contributed by atoms with Crippen LogP contribution in [0.4, 0.5) is 15.8 Å². The first kappa shape index (κ1) is 17.4. The zero-order chi connectivity index (χ0) is 17.5. The molecule has 0 heterocycles. The Labute approximate surface area is 138 Å². The number of nitrogens with one attached hydrogen (secondary N) is 1. The van der Waals surface area contributed by atoms with Crippen LogP contribution in [0.1, 0.15) is 18.4 Å². The zero-order valence-corrected chi connectivity index (χ0v) is 13.1. The topological polar surface area (TPSA) is 81.5 Å². The van der Waals surface area contributed by atoms with E-state index in [2.05, 4.69) is 5.32 Å². The normalized spacial score (nSPS) is 10.2. The minimum absolute atomic E-state index is 0.188. The van der Waals surface area contributed by atoms with Crippen LogP contribution >= 0.6 is 0 Å². The molecule has 24 heavy (non-hydrogen) atoms. The van der Waals surface area contributed by atoms with Gasteiger partial charge in [0.25, 0.3) is 0 Å². The Morgan fingerprint density at radius 1 is 1.29 bits per heavy atom. The van der Waals surface area contributed by atoms with Crippen LogP contribution in [0.3, 0.4) is 0 Å². The van der Waals surface area contributed by atoms with Crippen LogP contribution in [-0.4, -0.2) is 17.4 Å². The molecule has 0 unspecified atom stereocenters. The molecule has 0 aromatic heterocycles. The van der Waals surface area contributed by atoms with Crippen LogP contribution in [0.25, 0.3) is 0 Å². The molecule has 0 spiro atoms. The molecule has 0 saturated carbocycles. The smallest absolute Gasteiger partial charge is 0.306 e. The van der Waals surface area contributed by atoms with Gasteiger partial charge in [0, 0.05) is 18.2 Å². The van der Waals surface area contributed by atoms with Gasteiger partial charge in [-0.15, -0.1) is 0 Å². The maximum absolute atomic E-state index is 13.2. The number of carbonyl (C=O) groups excluding carboxylic acids is 1. The largest absolute Gasteiger partial charge is 0.494 e. The highest BCUT2D eigenvalue weighted by atomic mass is 19.1. The van der Waals surface area contributed by atoms with Crippen molar-refractivity contribution in [1.82, 2.24) is 0 Å². The van der Waals surface area contributed by atoms with Gasteiger partial charge in [0.05, 0.1) is 11.5 Å². The molecular weight excluding hydrogens is 315 g/mol. The van der Waals surface area contributed by atoms with Crippen molar-refractivity contribution < 1.29 is 18.8 Å². The van der Waals surface area contributed by atoms with Crippen LogP contribution < -0.4 is 10.1 Å². The van der Waals surface area contributed by atoms with Crippen molar-refractivity contribution in [1.29, 1.82) is 0 Å². The van der Waals surface area contributed by atoms with Gasteiger partial charge in [-0.25, -0.2) is 0 Å². The minimum atomic E-state index is -0.940. The SMILES string of the molecule is Cc1cccc(OCCCC(=O)Nc2ccc(F)c([N+](=O)[O-])c2)c1. The van der Waals surface area contributed by atoms with Gasteiger partial charge in [-0.3, -0.25) is 14.9 Å². The molecule has 1 N–H and O–H groups in total. The Bertz CT molecular complexity index is 749. The van der Waals surface area contributed by atoms with E-state index in [9.17, 15) is 19.3 Å². The molecule has 0 bridgehead atoms. The van der Waals surface area contributed by atoms with Crippen molar-refractivity contribution in [3.05, 3.63) is 64.0 Å². The maximum Gasteiger partial charge on any atom is 0.306 e. The molecule has 1 amide bonds. The second-order valence-corrected chi connectivity index (χ2v) is 5.24. The van der Waals surface area contributed by atoms with Crippen LogP contribution in [0.2, 0.25) is 0 Å². The lowest BCUT2D eigenvalue weighted by atomic mass is 10.2. The van der Waals surface area contributed by atoms with Crippen LogP contribution in [-0.2, 0) is 4.79 Å². The Hall–Kier alpha value is -2.96. The van der Waals surface area contributed by atoms with Crippen molar-refractivity contribution >= 4 is 17.3 Å². The van der Waals surface area contributed by atoms with Crippen molar-refractivity contribution in [2.24, 2.45) is 0 Å². The third-order valence-electron chi connectivity index (χ3n) is 3.23. The number of ether oxygens (including phenoxy) is 1. The molecule has 2 rings (SSSR count). The van der Waals surface area contributed by atoms with E-state index in [-0.39, 0.29) is 18.0 Å². The van der Waals surface area contributed by atoms with E-state index in [4.69, 9.17) is 4.74 Å². The first-order chi connectivity index (χ1) is 11.5. The van der Waals surface area contributed by atoms with E-state index >= 15 is 0 Å². The highest BCUT2D eigenvalue weighted by molar-refractivity contribution is 5.91. The van der Waals surface area contributed by atoms with Gasteiger partial charge in [-0.2, -0.15) is 4.39 Å². The predicted molar refractivity (Wildman–Crippen MR) is 87.6 cm³/mol. The standard InChI is InChI=1S/C17H17FN2O4/c1-12-4-2-5-14(10-12)24-9-3-6-17(21)19-13-7-8-15(18)16(11-13)20(22)23/h2,4-5,7-8,10-11H,3,6,9H2,1H3,(H,19,21). The number of nitrogens with zero attached hydrogens (tertiary/aromatic N) is 1. The summed E-state index contributed by atoms with van der Waals surface area (Å²) in [4.78, 5) is 21.6. The van der Waals surface area contributed by atoms with Crippen molar-refractivity contribution in [2.45, 2.75) is 19.8 Å². The van der Waals surface area contributed by atoms with Crippen LogP contribution in [0.5, 0.6) is 5.75 Å². The number of nitro groups is 1. The quantitative estimate of drug-likeness (QED) is 0.474. The number of nitro benzene ring substituents is 1. The lowest BCUT2D eigenvalue weighted by Crippen LogP contribution is -2.13. The monoisotopic (exact) mass is 332 g/mol. The number of aryl methyl sites for hydroxylation is 1. The van der Waals surface area contributed by atoms with Crippen molar-refractivity contribution in [3.63, 3.8) is 0 Å². The van der Waals surface area contributed by atoms with Gasteiger partial charge >= 0.3 is 5.69 Å². The van der Waals surface area contributed by atoms with Crippen molar-refractivity contribution in [2.75, 3.05) is 11.9 Å². The number of rotatable bonds is 7. The number of benzene rings is 2. The first-order valence-electron chi connectivity index (χ1n) is 7.39. The number of halogens is 1. The molecule has 2 aromatic rings. The molecule has 0 fully saturated rings. The summed E-state index contributed by atoms with van der Waals surface area (Å²) in [5, 5.41) is 13.2. The first-order valence-corrected chi connectivity index (χ1v) is 7.39. The lowest BCUT2D eigenvalue weighted by molar-refractivity contribution is -0.387. The lowest BCUT2D eigenvalue weighted by Gasteiger charge is -2.08. The number of hydrogen-bond acceptors (Lipinski definition) is 4. The minimum Gasteiger partial charge on any atom is -0.494 e. The van der Waals surface area contributed by atoms with E-state index in [0.717, 1.165) is 23.4 Å². The number of hydrogen-bond donors (Lipinski definition) is 1. The van der Waals surface area contributed by atoms with E-state index < -0.39 is 16.4 Å². The van der Waals surface area contributed by atoms with E-state index in [1.54, 1.807) is 0 Å². The summed E-state index contributed by atoms with van der Waals surface area (Å²) in [5.41, 5.74) is 0.603. The predicted octanol–water partition coefficient (Wildman–Crippen LogP) is 3.84. The fraction of sp³-hybridized carbons (Fsp3) is 0.235. The van der Waals surface area contributed by atoms with E-state index in [0.29, 0.717) is 13.0 Å². The highest BCUT2D eigenvalue weighted by Gasteiger charge is 2.15. The van der Waals surface area contributed by atoms with Gasteiger partial charge < -0.3 is 10.1 Å². The fourth-order valence-electron chi connectivity index (χ4n) is 2.08. The van der Waals surface area contributed by atoms with Gasteiger partial charge in [-0.1, -0.05) is 12.1 Å². The molecule has 126 valence electrons. The Kier molecular flexibility index (Phi) is 5.83. The van der Waals surface area contributed by atoms with Crippen molar-refractivity contribution in [3.8, 4) is 5.75 Å². The summed E-state index contributed by atoms with van der Waals surface area (Å²) in [6, 6.07) is 10.8. The summed E-state index contributed by atoms with van der Waals surface area (Å²) in [6.07, 6.45) is 0.681. The fourth-order valence-corrected chi connectivity index (χ4v) is 2.08. The molecule has 2 aromatic carbocycles. The van der Waals surface area contributed by atoms with E-state index in [1.807, 2.05) is 31.2 Å². The second-order valence-electron chi connectivity index (χ2n) is 5.24. The maximum atomic E-state index is 13.2. The molecule has 0 aliphatic heterocycles. The third-order valence-corrected chi connectivity index (χ3v) is 3.23. The molecule has 0 radical (unpaired) electrons. The number of amides is 1. The summed E-state index contributed by atoms with van der Waals surface area (Å²) in [7, 11) is 0. The Morgan fingerprint density at radius 3 is 2.79 bits per heavy atom. The average molecular weight is 332 g/mol. The molecular formula is C17H17FN2O4. The van der Waals surface area contributed by atoms with Gasteiger partial charge in [0.2, 0.25) is 11.7 Å². The third kappa shape index (κ3) is 5.05. The molecule has 0 aliphatic rings. The van der Waals surface area contributed by atoms with Crippen LogP contribution in [0, 0.1) is 22.9 Å². The second kappa shape index (κ2) is 8.05. The Balaban J connectivity index is 1.79. The summed E-state index contributed by atoms with van der Waals surface area (Å²) in [5.74, 6) is -0.516. The molecule has 0 aliphatic carbocycles. The summed E-state index contributed by atoms with van der Waals surface area (Å²) >= 11 is 0. The summed E-state index contributed by atoms with van der Waals surface area (Å²) in [6.45, 7) is 2.34. The molecule has 0 saturated heterocycles. The van der Waals surface area contributed by atoms with Crippen LogP contribution in [0.15, 0.2) is 42.5 Å². The van der Waals surface area contributed by atoms with Gasteiger partial charge in [0.1, 0.15) is 5.75 Å². The van der Waals surface area contributed by atoms with Gasteiger partial charge in [0.15, 0.2) is 0 Å². The highest BCUT2D eigenvalue weighted by Crippen LogP contribution is 2.21. The van der Waals surface area contributed by atoms with E-state index in [1.165, 1.54) is 6.07 Å². The zero-order valence-electron chi connectivity index (χ0n) is 13.1. The molecule has 0 atom stereocenters. The molecule has 7 heteroatoms. The number of carbonyl (C=O) groups is 1. The molecule has 6 nitrogen and oxygen atoms in total. The summed E-state index contributed by atoms with van der Waals surface area (Å²) < 4.78 is 18.8. The average Bonchev–Trinajstić information content (AvgIpc) is 2.53. The van der Waals surface area contributed by atoms with Gasteiger partial charge in [-0.05, 0) is 43.2 Å².